The Hall–Kier alpha value is -2.11. The summed E-state index contributed by atoms with van der Waals surface area (Å²) in [7, 11) is 1.82. The van der Waals surface area contributed by atoms with Crippen molar-refractivity contribution in [1.29, 1.82) is 0 Å². The van der Waals surface area contributed by atoms with Crippen LogP contribution < -0.4 is 0 Å². The van der Waals surface area contributed by atoms with Gasteiger partial charge in [-0.25, -0.2) is 4.79 Å². The van der Waals surface area contributed by atoms with Crippen molar-refractivity contribution >= 4 is 12.4 Å². The third-order valence-corrected chi connectivity index (χ3v) is 3.55. The fraction of sp³-hybridized carbons (Fsp3) is 0.500. The van der Waals surface area contributed by atoms with Crippen LogP contribution in [-0.4, -0.2) is 71.9 Å². The summed E-state index contributed by atoms with van der Waals surface area (Å²) in [5.74, 6) is 0. The van der Waals surface area contributed by atoms with Gasteiger partial charge < -0.3 is 14.7 Å². The number of nitrogens with zero attached hydrogens (tertiary/aromatic N) is 4. The van der Waals surface area contributed by atoms with Crippen LogP contribution in [0, 0.1) is 0 Å². The monoisotopic (exact) mass is 276 g/mol. The van der Waals surface area contributed by atoms with Crippen molar-refractivity contribution in [3.63, 3.8) is 0 Å². The van der Waals surface area contributed by atoms with Crippen molar-refractivity contribution in [1.82, 2.24) is 19.7 Å². The first-order chi connectivity index (χ1) is 9.70. The second-order valence-corrected chi connectivity index (χ2v) is 4.94. The first-order valence-electron chi connectivity index (χ1n) is 6.79. The molecule has 1 fully saturated rings. The van der Waals surface area contributed by atoms with Crippen LogP contribution in [0.4, 0.5) is 4.79 Å². The Labute approximate surface area is 119 Å². The van der Waals surface area contributed by atoms with Crippen LogP contribution in [0.25, 0.3) is 0 Å². The molecule has 1 aliphatic heterocycles. The van der Waals surface area contributed by atoms with Gasteiger partial charge in [0, 0.05) is 52.2 Å². The van der Waals surface area contributed by atoms with Crippen LogP contribution in [0.3, 0.4) is 0 Å². The molecule has 1 saturated heterocycles. The van der Waals surface area contributed by atoms with E-state index >= 15 is 0 Å². The van der Waals surface area contributed by atoms with E-state index < -0.39 is 0 Å². The molecular formula is C14H20N4O2. The first-order valence-corrected chi connectivity index (χ1v) is 6.79. The van der Waals surface area contributed by atoms with E-state index in [1.807, 2.05) is 19.2 Å². The summed E-state index contributed by atoms with van der Waals surface area (Å²) in [6.45, 7) is 3.13. The summed E-state index contributed by atoms with van der Waals surface area (Å²) in [4.78, 5) is 32.1. The van der Waals surface area contributed by atoms with Crippen LogP contribution in [0.2, 0.25) is 0 Å². The summed E-state index contributed by atoms with van der Waals surface area (Å²) in [6.07, 6.45) is 5.18. The number of urea groups is 1. The summed E-state index contributed by atoms with van der Waals surface area (Å²) in [5, 5.41) is 0. The molecule has 0 aliphatic carbocycles. The SMILES string of the molecule is CN(CCc1ccncc1)C(=O)N1CCN(C=O)CC1. The highest BCUT2D eigenvalue weighted by molar-refractivity contribution is 5.74. The van der Waals surface area contributed by atoms with Crippen LogP contribution in [0.5, 0.6) is 0 Å². The van der Waals surface area contributed by atoms with E-state index in [0.717, 1.165) is 12.8 Å². The minimum absolute atomic E-state index is 0.0320. The van der Waals surface area contributed by atoms with Crippen molar-refractivity contribution in [3.8, 4) is 0 Å². The van der Waals surface area contributed by atoms with Gasteiger partial charge in [0.1, 0.15) is 0 Å². The van der Waals surface area contributed by atoms with E-state index in [1.54, 1.807) is 27.1 Å². The van der Waals surface area contributed by atoms with E-state index in [9.17, 15) is 9.59 Å². The van der Waals surface area contributed by atoms with Gasteiger partial charge in [-0.2, -0.15) is 0 Å². The molecule has 2 heterocycles. The van der Waals surface area contributed by atoms with E-state index in [4.69, 9.17) is 0 Å². The normalized spacial score (nSPS) is 15.1. The third-order valence-electron chi connectivity index (χ3n) is 3.55. The van der Waals surface area contributed by atoms with Crippen LogP contribution >= 0.6 is 0 Å². The maximum absolute atomic E-state index is 12.2. The summed E-state index contributed by atoms with van der Waals surface area (Å²) in [6, 6.07) is 3.95. The van der Waals surface area contributed by atoms with Gasteiger partial charge in [-0.3, -0.25) is 9.78 Å². The van der Waals surface area contributed by atoms with Crippen molar-refractivity contribution in [2.45, 2.75) is 6.42 Å². The second kappa shape index (κ2) is 6.88. The van der Waals surface area contributed by atoms with Gasteiger partial charge in [0.15, 0.2) is 0 Å². The molecule has 6 nitrogen and oxygen atoms in total. The molecule has 0 radical (unpaired) electrons. The number of pyridine rings is 1. The van der Waals surface area contributed by atoms with Crippen molar-refractivity contribution in [2.24, 2.45) is 0 Å². The van der Waals surface area contributed by atoms with Crippen LogP contribution in [-0.2, 0) is 11.2 Å². The fourth-order valence-corrected chi connectivity index (χ4v) is 2.20. The standard InChI is InChI=1S/C14H20N4O2/c1-16(7-4-13-2-5-15-6-3-13)14(20)18-10-8-17(12-19)9-11-18/h2-3,5-6,12H,4,7-11H2,1H3. The molecule has 1 aliphatic rings. The van der Waals surface area contributed by atoms with Gasteiger partial charge in [0.05, 0.1) is 0 Å². The molecule has 0 unspecified atom stereocenters. The zero-order chi connectivity index (χ0) is 14.4. The van der Waals surface area contributed by atoms with Gasteiger partial charge in [0.25, 0.3) is 0 Å². The molecule has 108 valence electrons. The summed E-state index contributed by atoms with van der Waals surface area (Å²) < 4.78 is 0. The lowest BCUT2D eigenvalue weighted by Gasteiger charge is -2.35. The van der Waals surface area contributed by atoms with Gasteiger partial charge in [-0.15, -0.1) is 0 Å². The lowest BCUT2D eigenvalue weighted by Crippen LogP contribution is -2.51. The number of piperazine rings is 1. The second-order valence-electron chi connectivity index (χ2n) is 4.94. The zero-order valence-corrected chi connectivity index (χ0v) is 11.7. The number of hydrogen-bond acceptors (Lipinski definition) is 3. The highest BCUT2D eigenvalue weighted by atomic mass is 16.2. The van der Waals surface area contributed by atoms with Crippen molar-refractivity contribution < 1.29 is 9.59 Å². The predicted molar refractivity (Wildman–Crippen MR) is 75.2 cm³/mol. The third kappa shape index (κ3) is 3.69. The molecule has 0 N–H and O–H groups in total. The molecule has 6 heteroatoms. The molecule has 0 bridgehead atoms. The lowest BCUT2D eigenvalue weighted by atomic mass is 10.2. The largest absolute Gasteiger partial charge is 0.342 e. The van der Waals surface area contributed by atoms with Gasteiger partial charge >= 0.3 is 6.03 Å². The quantitative estimate of drug-likeness (QED) is 0.750. The number of amides is 3. The van der Waals surface area contributed by atoms with E-state index in [1.165, 1.54) is 5.56 Å². The maximum atomic E-state index is 12.2. The van der Waals surface area contributed by atoms with E-state index in [2.05, 4.69) is 4.98 Å². The predicted octanol–water partition coefficient (Wildman–Crippen LogP) is 0.450. The first kappa shape index (κ1) is 14.3. The molecule has 0 spiro atoms. The average molecular weight is 276 g/mol. The molecule has 0 saturated carbocycles. The Bertz CT molecular complexity index is 444. The smallest absolute Gasteiger partial charge is 0.319 e. The number of likely N-dealkylation sites (N-methyl/N-ethyl adjacent to an activating group) is 1. The number of aromatic nitrogens is 1. The van der Waals surface area contributed by atoms with E-state index in [-0.39, 0.29) is 6.03 Å². The molecule has 0 aromatic carbocycles. The molecule has 1 aromatic rings. The molecule has 2 rings (SSSR count). The Balaban J connectivity index is 1.79. The topological polar surface area (TPSA) is 56.8 Å². The van der Waals surface area contributed by atoms with Gasteiger partial charge in [-0.1, -0.05) is 0 Å². The van der Waals surface area contributed by atoms with Crippen molar-refractivity contribution in [3.05, 3.63) is 30.1 Å². The molecule has 1 aromatic heterocycles. The molecule has 3 amide bonds. The number of rotatable bonds is 4. The summed E-state index contributed by atoms with van der Waals surface area (Å²) >= 11 is 0. The molecule has 20 heavy (non-hydrogen) atoms. The van der Waals surface area contributed by atoms with Crippen molar-refractivity contribution in [2.75, 3.05) is 39.8 Å². The highest BCUT2D eigenvalue weighted by Crippen LogP contribution is 2.05. The van der Waals surface area contributed by atoms with Crippen LogP contribution in [0.15, 0.2) is 24.5 Å². The maximum Gasteiger partial charge on any atom is 0.319 e. The highest BCUT2D eigenvalue weighted by Gasteiger charge is 2.22. The minimum Gasteiger partial charge on any atom is -0.342 e. The summed E-state index contributed by atoms with van der Waals surface area (Å²) in [5.41, 5.74) is 1.17. The fourth-order valence-electron chi connectivity index (χ4n) is 2.20. The Morgan fingerprint density at radius 2 is 1.95 bits per heavy atom. The number of carbonyl (C=O) groups is 2. The zero-order valence-electron chi connectivity index (χ0n) is 11.7. The van der Waals surface area contributed by atoms with Crippen LogP contribution in [0.1, 0.15) is 5.56 Å². The Morgan fingerprint density at radius 1 is 1.30 bits per heavy atom. The molecular weight excluding hydrogens is 256 g/mol. The Kier molecular flexibility index (Phi) is 4.92. The minimum atomic E-state index is 0.0320. The number of carbonyl (C=O) groups excluding carboxylic acids is 2. The Morgan fingerprint density at radius 3 is 2.55 bits per heavy atom. The molecule has 0 atom stereocenters. The average Bonchev–Trinajstić information content (AvgIpc) is 2.53. The van der Waals surface area contributed by atoms with E-state index in [0.29, 0.717) is 32.7 Å². The van der Waals surface area contributed by atoms with Gasteiger partial charge in [0.2, 0.25) is 6.41 Å². The lowest BCUT2D eigenvalue weighted by molar-refractivity contribution is -0.119. The van der Waals surface area contributed by atoms with Gasteiger partial charge in [-0.05, 0) is 24.1 Å². The number of hydrogen-bond donors (Lipinski definition) is 0.